The Kier molecular flexibility index (Phi) is 6.88. The standard InChI is InChI=1S/C22H30N2O3S/c1-7-20(19-11-9-15(2)12-18(19)5)23-22(25)14-24(28(6,26)27)21-13-16(3)8-10-17(21)4/h8-13,20H,7,14H2,1-6H3,(H,23,25)/t20-/m1/s1. The van der Waals surface area contributed by atoms with E-state index in [0.717, 1.165) is 34.9 Å². The molecule has 2 rings (SSSR count). The van der Waals surface area contributed by atoms with Crippen molar-refractivity contribution in [1.82, 2.24) is 5.32 Å². The van der Waals surface area contributed by atoms with Crippen LogP contribution in [0.2, 0.25) is 0 Å². The number of nitrogens with zero attached hydrogens (tertiary/aromatic N) is 1. The Labute approximate surface area is 168 Å². The highest BCUT2D eigenvalue weighted by Gasteiger charge is 2.24. The van der Waals surface area contributed by atoms with E-state index in [9.17, 15) is 13.2 Å². The van der Waals surface area contributed by atoms with Crippen LogP contribution in [0, 0.1) is 27.7 Å². The number of hydrogen-bond donors (Lipinski definition) is 1. The molecule has 0 saturated heterocycles. The molecule has 1 N–H and O–H groups in total. The second-order valence-electron chi connectivity index (χ2n) is 7.45. The van der Waals surface area contributed by atoms with Crippen LogP contribution >= 0.6 is 0 Å². The number of carbonyl (C=O) groups is 1. The van der Waals surface area contributed by atoms with Crippen molar-refractivity contribution in [2.24, 2.45) is 0 Å². The lowest BCUT2D eigenvalue weighted by atomic mass is 9.97. The summed E-state index contributed by atoms with van der Waals surface area (Å²) in [5, 5.41) is 3.00. The summed E-state index contributed by atoms with van der Waals surface area (Å²) in [7, 11) is -3.60. The van der Waals surface area contributed by atoms with Gasteiger partial charge in [0, 0.05) is 0 Å². The lowest BCUT2D eigenvalue weighted by Gasteiger charge is -2.26. The van der Waals surface area contributed by atoms with Gasteiger partial charge in [0.25, 0.3) is 0 Å². The summed E-state index contributed by atoms with van der Waals surface area (Å²) < 4.78 is 26.0. The topological polar surface area (TPSA) is 66.5 Å². The van der Waals surface area contributed by atoms with Crippen LogP contribution in [-0.2, 0) is 14.8 Å². The van der Waals surface area contributed by atoms with Crippen LogP contribution in [0.5, 0.6) is 0 Å². The molecule has 1 atom stereocenters. The van der Waals surface area contributed by atoms with Crippen molar-refractivity contribution < 1.29 is 13.2 Å². The van der Waals surface area contributed by atoms with E-state index in [2.05, 4.69) is 11.4 Å². The molecule has 152 valence electrons. The first kappa shape index (κ1) is 22.0. The van der Waals surface area contributed by atoms with Crippen LogP contribution in [0.15, 0.2) is 36.4 Å². The molecule has 28 heavy (non-hydrogen) atoms. The molecule has 2 aromatic rings. The van der Waals surface area contributed by atoms with Crippen molar-refractivity contribution in [1.29, 1.82) is 0 Å². The zero-order valence-corrected chi connectivity index (χ0v) is 18.4. The Hall–Kier alpha value is -2.34. The molecule has 0 fully saturated rings. The van der Waals surface area contributed by atoms with E-state index in [4.69, 9.17) is 0 Å². The lowest BCUT2D eigenvalue weighted by molar-refractivity contribution is -0.120. The SMILES string of the molecule is CC[C@@H](NC(=O)CN(c1cc(C)ccc1C)S(C)(=O)=O)c1ccc(C)cc1C. The molecule has 0 aromatic heterocycles. The van der Waals surface area contributed by atoms with Gasteiger partial charge in [0.15, 0.2) is 0 Å². The molecular weight excluding hydrogens is 372 g/mol. The molecule has 0 radical (unpaired) electrons. The van der Waals surface area contributed by atoms with Crippen LogP contribution in [0.3, 0.4) is 0 Å². The molecule has 5 nitrogen and oxygen atoms in total. The van der Waals surface area contributed by atoms with Gasteiger partial charge >= 0.3 is 0 Å². The fourth-order valence-corrected chi connectivity index (χ4v) is 4.26. The van der Waals surface area contributed by atoms with Crippen molar-refractivity contribution in [2.75, 3.05) is 17.1 Å². The molecule has 2 aromatic carbocycles. The fourth-order valence-electron chi connectivity index (χ4n) is 3.36. The highest BCUT2D eigenvalue weighted by Crippen LogP contribution is 2.25. The van der Waals surface area contributed by atoms with Crippen LogP contribution in [-0.4, -0.2) is 27.1 Å². The van der Waals surface area contributed by atoms with E-state index in [1.807, 2.05) is 58.9 Å². The second kappa shape index (κ2) is 8.78. The third kappa shape index (κ3) is 5.35. The summed E-state index contributed by atoms with van der Waals surface area (Å²) in [4.78, 5) is 12.8. The Bertz CT molecular complexity index is 968. The molecule has 1 amide bonds. The number of anilines is 1. The van der Waals surface area contributed by atoms with Gasteiger partial charge in [0.1, 0.15) is 6.54 Å². The number of sulfonamides is 1. The Morgan fingerprint density at radius 1 is 1.00 bits per heavy atom. The molecule has 0 unspecified atom stereocenters. The second-order valence-corrected chi connectivity index (χ2v) is 9.35. The van der Waals surface area contributed by atoms with Crippen molar-refractivity contribution >= 4 is 21.6 Å². The number of nitrogens with one attached hydrogen (secondary N) is 1. The van der Waals surface area contributed by atoms with Gasteiger partial charge < -0.3 is 5.32 Å². The molecule has 0 bridgehead atoms. The molecule has 0 heterocycles. The van der Waals surface area contributed by atoms with Crippen LogP contribution < -0.4 is 9.62 Å². The first-order chi connectivity index (χ1) is 13.0. The Balaban J connectivity index is 2.27. The van der Waals surface area contributed by atoms with E-state index in [0.29, 0.717) is 5.69 Å². The van der Waals surface area contributed by atoms with E-state index >= 15 is 0 Å². The zero-order valence-electron chi connectivity index (χ0n) is 17.5. The normalized spacial score (nSPS) is 12.5. The molecule has 6 heteroatoms. The predicted octanol–water partition coefficient (Wildman–Crippen LogP) is 3.95. The maximum Gasteiger partial charge on any atom is 0.241 e. The monoisotopic (exact) mass is 402 g/mol. The Morgan fingerprint density at radius 2 is 1.61 bits per heavy atom. The number of aryl methyl sites for hydroxylation is 4. The zero-order chi connectivity index (χ0) is 21.1. The third-order valence-corrected chi connectivity index (χ3v) is 5.99. The highest BCUT2D eigenvalue weighted by molar-refractivity contribution is 7.92. The fraction of sp³-hybridized carbons (Fsp3) is 0.409. The molecule has 0 aliphatic carbocycles. The minimum absolute atomic E-state index is 0.159. The first-order valence-electron chi connectivity index (χ1n) is 9.44. The minimum atomic E-state index is -3.60. The predicted molar refractivity (Wildman–Crippen MR) is 115 cm³/mol. The maximum atomic E-state index is 12.8. The number of benzene rings is 2. The summed E-state index contributed by atoms with van der Waals surface area (Å²) >= 11 is 0. The van der Waals surface area contributed by atoms with Crippen molar-refractivity contribution in [2.45, 2.75) is 47.1 Å². The maximum absolute atomic E-state index is 12.8. The van der Waals surface area contributed by atoms with Crippen molar-refractivity contribution in [3.05, 3.63) is 64.2 Å². The van der Waals surface area contributed by atoms with Gasteiger partial charge in [-0.1, -0.05) is 42.8 Å². The molecule has 0 aliphatic heterocycles. The number of rotatable bonds is 7. The largest absolute Gasteiger partial charge is 0.348 e. The van der Waals surface area contributed by atoms with Crippen LogP contribution in [0.1, 0.15) is 47.2 Å². The molecule has 0 spiro atoms. The number of carbonyl (C=O) groups excluding carboxylic acids is 1. The summed E-state index contributed by atoms with van der Waals surface area (Å²) in [6, 6.07) is 11.6. The quantitative estimate of drug-likeness (QED) is 0.762. The van der Waals surface area contributed by atoms with Gasteiger partial charge in [-0.2, -0.15) is 0 Å². The third-order valence-electron chi connectivity index (χ3n) is 4.87. The van der Waals surface area contributed by atoms with E-state index in [1.54, 1.807) is 6.07 Å². The van der Waals surface area contributed by atoms with Crippen molar-refractivity contribution in [3.63, 3.8) is 0 Å². The van der Waals surface area contributed by atoms with Gasteiger partial charge in [-0.05, 0) is 62.4 Å². The summed E-state index contributed by atoms with van der Waals surface area (Å²) in [6.45, 7) is 9.56. The van der Waals surface area contributed by atoms with Crippen LogP contribution in [0.4, 0.5) is 5.69 Å². The average Bonchev–Trinajstić information content (AvgIpc) is 2.59. The summed E-state index contributed by atoms with van der Waals surface area (Å²) in [6.07, 6.45) is 1.85. The summed E-state index contributed by atoms with van der Waals surface area (Å²) in [5.74, 6) is -0.321. The van der Waals surface area contributed by atoms with Crippen LogP contribution in [0.25, 0.3) is 0 Å². The van der Waals surface area contributed by atoms with Gasteiger partial charge in [0.2, 0.25) is 15.9 Å². The van der Waals surface area contributed by atoms with E-state index < -0.39 is 10.0 Å². The first-order valence-corrected chi connectivity index (χ1v) is 11.3. The van der Waals surface area contributed by atoms with Gasteiger partial charge in [-0.3, -0.25) is 9.10 Å². The Morgan fingerprint density at radius 3 is 2.18 bits per heavy atom. The average molecular weight is 403 g/mol. The van der Waals surface area contributed by atoms with Crippen molar-refractivity contribution in [3.8, 4) is 0 Å². The summed E-state index contributed by atoms with van der Waals surface area (Å²) in [5.41, 5.74) is 5.63. The highest BCUT2D eigenvalue weighted by atomic mass is 32.2. The van der Waals surface area contributed by atoms with E-state index in [1.165, 1.54) is 9.87 Å². The number of hydrogen-bond acceptors (Lipinski definition) is 3. The van der Waals surface area contributed by atoms with Gasteiger partial charge in [-0.15, -0.1) is 0 Å². The van der Waals surface area contributed by atoms with E-state index in [-0.39, 0.29) is 18.5 Å². The molecule has 0 aliphatic rings. The molecule has 0 saturated carbocycles. The molecular formula is C22H30N2O3S. The lowest BCUT2D eigenvalue weighted by Crippen LogP contribution is -2.42. The number of amides is 1. The minimum Gasteiger partial charge on any atom is -0.348 e. The van der Waals surface area contributed by atoms with Gasteiger partial charge in [0.05, 0.1) is 18.0 Å². The van der Waals surface area contributed by atoms with Gasteiger partial charge in [-0.25, -0.2) is 8.42 Å². The smallest absolute Gasteiger partial charge is 0.241 e.